The van der Waals surface area contributed by atoms with Crippen LogP contribution in [0.4, 0.5) is 0 Å². The molecule has 1 fully saturated rings. The summed E-state index contributed by atoms with van der Waals surface area (Å²) in [5.74, 6) is 0.631. The highest BCUT2D eigenvalue weighted by Crippen LogP contribution is 2.28. The minimum absolute atomic E-state index is 0.171. The largest absolute Gasteiger partial charge is 0.321 e. The molecule has 2 heteroatoms. The third-order valence-corrected chi connectivity index (χ3v) is 2.74. The Hall–Kier alpha value is -0.370. The van der Waals surface area contributed by atoms with Crippen LogP contribution in [0.1, 0.15) is 45.4 Å². The first-order valence-electron chi connectivity index (χ1n) is 5.05. The van der Waals surface area contributed by atoms with Crippen molar-refractivity contribution in [2.45, 2.75) is 51.5 Å². The van der Waals surface area contributed by atoms with Gasteiger partial charge in [-0.2, -0.15) is 0 Å². The van der Waals surface area contributed by atoms with E-state index in [1.165, 1.54) is 6.42 Å². The molecule has 0 radical (unpaired) electrons. The Bertz CT molecular complexity index is 152. The number of unbranched alkanes of at least 4 members (excludes halogenated alkanes) is 1. The van der Waals surface area contributed by atoms with E-state index in [-0.39, 0.29) is 6.04 Å². The molecule has 70 valence electrons. The van der Waals surface area contributed by atoms with Crippen molar-refractivity contribution in [1.29, 1.82) is 0 Å². The average Bonchev–Trinajstić information content (AvgIpc) is 1.96. The summed E-state index contributed by atoms with van der Waals surface area (Å²) >= 11 is 0. The van der Waals surface area contributed by atoms with Crippen LogP contribution in [-0.4, -0.2) is 11.8 Å². The maximum absolute atomic E-state index is 11.5. The van der Waals surface area contributed by atoms with Crippen LogP contribution >= 0.6 is 0 Å². The predicted octanol–water partition coefficient (Wildman–Crippen LogP) is 1.87. The third-order valence-electron chi connectivity index (χ3n) is 2.74. The number of rotatable bonds is 5. The Morgan fingerprint density at radius 1 is 1.58 bits per heavy atom. The quantitative estimate of drug-likeness (QED) is 0.682. The van der Waals surface area contributed by atoms with E-state index in [1.54, 1.807) is 0 Å². The Balaban J connectivity index is 2.20. The van der Waals surface area contributed by atoms with E-state index < -0.39 is 0 Å². The number of carbonyl (C=O) groups excluding carboxylic acids is 1. The minimum atomic E-state index is -0.171. The second-order valence-corrected chi connectivity index (χ2v) is 3.78. The van der Waals surface area contributed by atoms with Gasteiger partial charge in [-0.25, -0.2) is 0 Å². The van der Waals surface area contributed by atoms with Crippen molar-refractivity contribution in [3.8, 4) is 0 Å². The standard InChI is InChI=1S/C10H19NO/c1-2-3-7-9(11)10(12)8-5-4-6-8/h8-9H,2-7,11H2,1H3. The molecule has 0 bridgehead atoms. The molecule has 0 aromatic rings. The molecule has 0 heterocycles. The summed E-state index contributed by atoms with van der Waals surface area (Å²) in [4.78, 5) is 11.5. The van der Waals surface area contributed by atoms with Gasteiger partial charge in [0, 0.05) is 5.92 Å². The molecule has 1 aliphatic rings. The van der Waals surface area contributed by atoms with Crippen molar-refractivity contribution in [3.63, 3.8) is 0 Å². The van der Waals surface area contributed by atoms with Crippen LogP contribution in [0.2, 0.25) is 0 Å². The molecule has 0 amide bonds. The van der Waals surface area contributed by atoms with E-state index in [0.29, 0.717) is 11.7 Å². The molecule has 0 aromatic carbocycles. The Labute approximate surface area is 74.5 Å². The van der Waals surface area contributed by atoms with Crippen LogP contribution in [0.5, 0.6) is 0 Å². The molecule has 1 rings (SSSR count). The first-order valence-corrected chi connectivity index (χ1v) is 5.05. The molecule has 1 saturated carbocycles. The molecule has 0 saturated heterocycles. The smallest absolute Gasteiger partial charge is 0.152 e. The van der Waals surface area contributed by atoms with Gasteiger partial charge in [0.2, 0.25) is 0 Å². The number of ketones is 1. The lowest BCUT2D eigenvalue weighted by atomic mass is 9.79. The molecule has 1 aliphatic carbocycles. The fraction of sp³-hybridized carbons (Fsp3) is 0.900. The summed E-state index contributed by atoms with van der Waals surface area (Å²) in [6.07, 6.45) is 6.48. The highest BCUT2D eigenvalue weighted by atomic mass is 16.1. The third kappa shape index (κ3) is 2.31. The molecular weight excluding hydrogens is 150 g/mol. The number of Topliss-reactive ketones (excluding diaryl/α,β-unsaturated/α-hetero) is 1. The molecule has 2 N–H and O–H groups in total. The van der Waals surface area contributed by atoms with Crippen LogP contribution < -0.4 is 5.73 Å². The number of hydrogen-bond acceptors (Lipinski definition) is 2. The van der Waals surface area contributed by atoms with Crippen LogP contribution in [0.25, 0.3) is 0 Å². The Kier molecular flexibility index (Phi) is 3.73. The Morgan fingerprint density at radius 3 is 2.67 bits per heavy atom. The van der Waals surface area contributed by atoms with Gasteiger partial charge in [0.25, 0.3) is 0 Å². The van der Waals surface area contributed by atoms with Crippen molar-refractivity contribution in [2.75, 3.05) is 0 Å². The first kappa shape index (κ1) is 9.72. The van der Waals surface area contributed by atoms with Gasteiger partial charge in [0.1, 0.15) is 0 Å². The molecule has 0 aromatic heterocycles. The minimum Gasteiger partial charge on any atom is -0.321 e. The summed E-state index contributed by atoms with van der Waals surface area (Å²) in [5.41, 5.74) is 5.76. The van der Waals surface area contributed by atoms with Crippen molar-refractivity contribution in [2.24, 2.45) is 11.7 Å². The van der Waals surface area contributed by atoms with E-state index in [0.717, 1.165) is 32.1 Å². The number of hydrogen-bond donors (Lipinski definition) is 1. The van der Waals surface area contributed by atoms with Crippen LogP contribution in [0, 0.1) is 5.92 Å². The fourth-order valence-electron chi connectivity index (χ4n) is 1.56. The van der Waals surface area contributed by atoms with E-state index in [9.17, 15) is 4.79 Å². The fourth-order valence-corrected chi connectivity index (χ4v) is 1.56. The van der Waals surface area contributed by atoms with E-state index >= 15 is 0 Å². The van der Waals surface area contributed by atoms with Gasteiger partial charge in [0.05, 0.1) is 6.04 Å². The second kappa shape index (κ2) is 4.61. The van der Waals surface area contributed by atoms with E-state index in [1.807, 2.05) is 0 Å². The zero-order valence-corrected chi connectivity index (χ0v) is 7.88. The average molecular weight is 169 g/mol. The molecule has 0 spiro atoms. The SMILES string of the molecule is CCCCC(N)C(=O)C1CCC1. The van der Waals surface area contributed by atoms with Crippen LogP contribution in [-0.2, 0) is 4.79 Å². The zero-order valence-electron chi connectivity index (χ0n) is 7.88. The lowest BCUT2D eigenvalue weighted by Crippen LogP contribution is -2.38. The maximum atomic E-state index is 11.5. The lowest BCUT2D eigenvalue weighted by Gasteiger charge is -2.26. The van der Waals surface area contributed by atoms with Gasteiger partial charge >= 0.3 is 0 Å². The van der Waals surface area contributed by atoms with Gasteiger partial charge in [0.15, 0.2) is 5.78 Å². The Morgan fingerprint density at radius 2 is 2.25 bits per heavy atom. The van der Waals surface area contributed by atoms with Crippen LogP contribution in [0.3, 0.4) is 0 Å². The summed E-state index contributed by atoms with van der Waals surface area (Å²) in [6, 6.07) is -0.171. The van der Waals surface area contributed by atoms with Crippen molar-refractivity contribution in [1.82, 2.24) is 0 Å². The van der Waals surface area contributed by atoms with Crippen molar-refractivity contribution >= 4 is 5.78 Å². The van der Waals surface area contributed by atoms with Crippen molar-refractivity contribution < 1.29 is 4.79 Å². The molecule has 2 nitrogen and oxygen atoms in total. The summed E-state index contributed by atoms with van der Waals surface area (Å²) in [6.45, 7) is 2.13. The number of nitrogens with two attached hydrogens (primary N) is 1. The monoisotopic (exact) mass is 169 g/mol. The molecule has 12 heavy (non-hydrogen) atoms. The summed E-state index contributed by atoms with van der Waals surface area (Å²) < 4.78 is 0. The highest BCUT2D eigenvalue weighted by molar-refractivity contribution is 5.86. The normalized spacial score (nSPS) is 20.2. The van der Waals surface area contributed by atoms with E-state index in [2.05, 4.69) is 6.92 Å². The number of carbonyl (C=O) groups is 1. The van der Waals surface area contributed by atoms with Crippen molar-refractivity contribution in [3.05, 3.63) is 0 Å². The molecule has 0 aliphatic heterocycles. The van der Waals surface area contributed by atoms with E-state index in [4.69, 9.17) is 5.73 Å². The van der Waals surface area contributed by atoms with Gasteiger partial charge in [-0.1, -0.05) is 26.2 Å². The van der Waals surface area contributed by atoms with Gasteiger partial charge in [-0.05, 0) is 19.3 Å². The maximum Gasteiger partial charge on any atom is 0.152 e. The van der Waals surface area contributed by atoms with Crippen LogP contribution in [0.15, 0.2) is 0 Å². The molecular formula is C10H19NO. The summed E-state index contributed by atoms with van der Waals surface area (Å²) in [5, 5.41) is 0. The molecule has 1 unspecified atom stereocenters. The first-order chi connectivity index (χ1) is 5.75. The van der Waals surface area contributed by atoms with Gasteiger partial charge < -0.3 is 5.73 Å². The topological polar surface area (TPSA) is 43.1 Å². The molecule has 1 atom stereocenters. The highest BCUT2D eigenvalue weighted by Gasteiger charge is 2.28. The van der Waals surface area contributed by atoms with Gasteiger partial charge in [-0.3, -0.25) is 4.79 Å². The zero-order chi connectivity index (χ0) is 8.97. The predicted molar refractivity (Wildman–Crippen MR) is 49.8 cm³/mol. The second-order valence-electron chi connectivity index (χ2n) is 3.78. The summed E-state index contributed by atoms with van der Waals surface area (Å²) in [7, 11) is 0. The van der Waals surface area contributed by atoms with Gasteiger partial charge in [-0.15, -0.1) is 0 Å². The lowest BCUT2D eigenvalue weighted by molar-refractivity contribution is -0.126.